The van der Waals surface area contributed by atoms with E-state index in [1.165, 1.54) is 35.4 Å². The van der Waals surface area contributed by atoms with Gasteiger partial charge in [0, 0.05) is 39.0 Å². The SMILES string of the molecule is CN1C(=O)CCC1(O)c1ccc(Cl)c(S(=O)(=O)N(C)Cc2ccccc2)c1. The first kappa shape index (κ1) is 19.8. The fourth-order valence-electron chi connectivity index (χ4n) is 3.20. The third-order valence-electron chi connectivity index (χ3n) is 4.95. The molecule has 27 heavy (non-hydrogen) atoms. The van der Waals surface area contributed by atoms with Gasteiger partial charge in [0.25, 0.3) is 0 Å². The van der Waals surface area contributed by atoms with Crippen LogP contribution in [0.1, 0.15) is 24.0 Å². The van der Waals surface area contributed by atoms with Crippen molar-refractivity contribution >= 4 is 27.5 Å². The van der Waals surface area contributed by atoms with Crippen LogP contribution in [0.2, 0.25) is 5.02 Å². The first-order valence-electron chi connectivity index (χ1n) is 8.45. The molecule has 1 atom stereocenters. The molecule has 3 rings (SSSR count). The molecule has 8 heteroatoms. The third-order valence-corrected chi connectivity index (χ3v) is 7.23. The average Bonchev–Trinajstić information content (AvgIpc) is 2.91. The Bertz CT molecular complexity index is 965. The average molecular weight is 409 g/mol. The molecule has 0 aromatic heterocycles. The van der Waals surface area contributed by atoms with Gasteiger partial charge in [-0.05, 0) is 17.7 Å². The van der Waals surface area contributed by atoms with Crippen molar-refractivity contribution in [2.45, 2.75) is 30.0 Å². The fourth-order valence-corrected chi connectivity index (χ4v) is 4.86. The Labute approximate surface area is 164 Å². The van der Waals surface area contributed by atoms with Crippen LogP contribution in [0.15, 0.2) is 53.4 Å². The van der Waals surface area contributed by atoms with Gasteiger partial charge in [-0.1, -0.05) is 48.0 Å². The lowest BCUT2D eigenvalue weighted by Gasteiger charge is -2.31. The van der Waals surface area contributed by atoms with E-state index in [1.807, 2.05) is 30.3 Å². The van der Waals surface area contributed by atoms with E-state index < -0.39 is 15.7 Å². The first-order chi connectivity index (χ1) is 12.7. The Morgan fingerprint density at radius 3 is 2.48 bits per heavy atom. The third kappa shape index (κ3) is 3.60. The van der Waals surface area contributed by atoms with Crippen LogP contribution in [0.25, 0.3) is 0 Å². The number of halogens is 1. The molecule has 0 saturated carbocycles. The number of amides is 1. The van der Waals surface area contributed by atoms with Gasteiger partial charge >= 0.3 is 0 Å². The van der Waals surface area contributed by atoms with Crippen molar-refractivity contribution in [1.82, 2.24) is 9.21 Å². The summed E-state index contributed by atoms with van der Waals surface area (Å²) in [4.78, 5) is 13.0. The largest absolute Gasteiger partial charge is 0.367 e. The molecular formula is C19H21ClN2O4S. The summed E-state index contributed by atoms with van der Waals surface area (Å²) >= 11 is 6.18. The van der Waals surface area contributed by atoms with Crippen LogP contribution in [0.5, 0.6) is 0 Å². The summed E-state index contributed by atoms with van der Waals surface area (Å²) in [7, 11) is -0.914. The molecule has 144 valence electrons. The van der Waals surface area contributed by atoms with E-state index in [2.05, 4.69) is 0 Å². The van der Waals surface area contributed by atoms with E-state index in [1.54, 1.807) is 6.07 Å². The number of carbonyl (C=O) groups is 1. The highest BCUT2D eigenvalue weighted by molar-refractivity contribution is 7.89. The molecular weight excluding hydrogens is 388 g/mol. The molecule has 1 heterocycles. The van der Waals surface area contributed by atoms with Crippen LogP contribution in [0.3, 0.4) is 0 Å². The Balaban J connectivity index is 1.97. The van der Waals surface area contributed by atoms with Crippen molar-refractivity contribution in [2.24, 2.45) is 0 Å². The van der Waals surface area contributed by atoms with Gasteiger partial charge in [0.15, 0.2) is 5.72 Å². The van der Waals surface area contributed by atoms with Crippen molar-refractivity contribution in [2.75, 3.05) is 14.1 Å². The van der Waals surface area contributed by atoms with Crippen molar-refractivity contribution in [3.05, 3.63) is 64.7 Å². The van der Waals surface area contributed by atoms with E-state index in [-0.39, 0.29) is 35.2 Å². The summed E-state index contributed by atoms with van der Waals surface area (Å²) in [6.07, 6.45) is 0.398. The van der Waals surface area contributed by atoms with Crippen LogP contribution in [0.4, 0.5) is 0 Å². The minimum atomic E-state index is -3.89. The number of aliphatic hydroxyl groups is 1. The number of rotatable bonds is 5. The van der Waals surface area contributed by atoms with Crippen molar-refractivity contribution in [3.63, 3.8) is 0 Å². The molecule has 0 radical (unpaired) electrons. The number of hydrogen-bond donors (Lipinski definition) is 1. The number of hydrogen-bond acceptors (Lipinski definition) is 4. The second kappa shape index (κ2) is 7.24. The lowest BCUT2D eigenvalue weighted by atomic mass is 10.0. The van der Waals surface area contributed by atoms with Gasteiger partial charge in [0.05, 0.1) is 5.02 Å². The summed E-state index contributed by atoms with van der Waals surface area (Å²) in [6, 6.07) is 13.6. The minimum Gasteiger partial charge on any atom is -0.367 e. The molecule has 1 amide bonds. The van der Waals surface area contributed by atoms with Crippen molar-refractivity contribution in [1.29, 1.82) is 0 Å². The molecule has 1 saturated heterocycles. The molecule has 1 unspecified atom stereocenters. The molecule has 0 bridgehead atoms. The standard InChI is InChI=1S/C19H21ClN2O4S/c1-21(13-14-6-4-3-5-7-14)27(25,26)17-12-15(8-9-16(17)20)19(24)11-10-18(23)22(19)2/h3-9,12,24H,10-11,13H2,1-2H3. The molecule has 1 aliphatic heterocycles. The van der Waals surface area contributed by atoms with Crippen LogP contribution in [-0.4, -0.2) is 42.7 Å². The molecule has 1 N–H and O–H groups in total. The van der Waals surface area contributed by atoms with E-state index in [9.17, 15) is 18.3 Å². The lowest BCUT2D eigenvalue weighted by molar-refractivity contribution is -0.142. The predicted molar refractivity (Wildman–Crippen MR) is 102 cm³/mol. The van der Waals surface area contributed by atoms with Crippen LogP contribution in [0, 0.1) is 0 Å². The maximum atomic E-state index is 13.1. The summed E-state index contributed by atoms with van der Waals surface area (Å²) in [6.45, 7) is 0.187. The van der Waals surface area contributed by atoms with E-state index >= 15 is 0 Å². The summed E-state index contributed by atoms with van der Waals surface area (Å²) in [5.74, 6) is -0.196. The van der Waals surface area contributed by atoms with Gasteiger partial charge in [-0.3, -0.25) is 4.79 Å². The smallest absolute Gasteiger partial charge is 0.244 e. The van der Waals surface area contributed by atoms with Crippen LogP contribution in [-0.2, 0) is 27.1 Å². The zero-order chi connectivity index (χ0) is 19.8. The highest BCUT2D eigenvalue weighted by atomic mass is 35.5. The van der Waals surface area contributed by atoms with Gasteiger partial charge in [-0.2, -0.15) is 4.31 Å². The monoisotopic (exact) mass is 408 g/mol. The molecule has 2 aromatic rings. The maximum absolute atomic E-state index is 13.1. The normalized spacial score (nSPS) is 20.5. The zero-order valence-corrected chi connectivity index (χ0v) is 16.7. The van der Waals surface area contributed by atoms with Gasteiger partial charge in [0.1, 0.15) is 4.90 Å². The summed E-state index contributed by atoms with van der Waals surface area (Å²) in [5, 5.41) is 11.0. The van der Waals surface area contributed by atoms with Crippen molar-refractivity contribution in [3.8, 4) is 0 Å². The van der Waals surface area contributed by atoms with Gasteiger partial charge in [-0.15, -0.1) is 0 Å². The Morgan fingerprint density at radius 2 is 1.89 bits per heavy atom. The molecule has 1 aliphatic rings. The highest BCUT2D eigenvalue weighted by Gasteiger charge is 2.43. The number of nitrogens with zero attached hydrogens (tertiary/aromatic N) is 2. The fraction of sp³-hybridized carbons (Fsp3) is 0.316. The molecule has 0 spiro atoms. The molecule has 6 nitrogen and oxygen atoms in total. The van der Waals surface area contributed by atoms with Gasteiger partial charge < -0.3 is 10.0 Å². The number of sulfonamides is 1. The molecule has 0 aliphatic carbocycles. The topological polar surface area (TPSA) is 77.9 Å². The second-order valence-corrected chi connectivity index (χ2v) is 9.08. The second-order valence-electron chi connectivity index (χ2n) is 6.66. The number of carbonyl (C=O) groups excluding carboxylic acids is 1. The summed E-state index contributed by atoms with van der Waals surface area (Å²) in [5.41, 5.74) is -0.369. The van der Waals surface area contributed by atoms with E-state index in [0.717, 1.165) is 5.56 Å². The molecule has 1 fully saturated rings. The summed E-state index contributed by atoms with van der Waals surface area (Å²) < 4.78 is 27.3. The van der Waals surface area contributed by atoms with Crippen LogP contribution >= 0.6 is 11.6 Å². The lowest BCUT2D eigenvalue weighted by Crippen LogP contribution is -2.40. The highest BCUT2D eigenvalue weighted by Crippen LogP contribution is 2.38. The zero-order valence-electron chi connectivity index (χ0n) is 15.1. The van der Waals surface area contributed by atoms with Gasteiger partial charge in [0.2, 0.25) is 15.9 Å². The van der Waals surface area contributed by atoms with Gasteiger partial charge in [-0.25, -0.2) is 8.42 Å². The van der Waals surface area contributed by atoms with E-state index in [4.69, 9.17) is 11.6 Å². The minimum absolute atomic E-state index is 0.0641. The Hall–Kier alpha value is -1.93. The van der Waals surface area contributed by atoms with E-state index in [0.29, 0.717) is 5.56 Å². The first-order valence-corrected chi connectivity index (χ1v) is 10.3. The van der Waals surface area contributed by atoms with Crippen molar-refractivity contribution < 1.29 is 18.3 Å². The number of benzene rings is 2. The molecule has 2 aromatic carbocycles. The quantitative estimate of drug-likeness (QED) is 0.824. The predicted octanol–water partition coefficient (Wildman–Crippen LogP) is 2.56. The van der Waals surface area contributed by atoms with Crippen LogP contribution < -0.4 is 0 Å². The Morgan fingerprint density at radius 1 is 1.22 bits per heavy atom. The maximum Gasteiger partial charge on any atom is 0.244 e. The Kier molecular flexibility index (Phi) is 5.31. The number of likely N-dealkylation sites (tertiary alicyclic amines) is 1.